The summed E-state index contributed by atoms with van der Waals surface area (Å²) in [5.41, 5.74) is 10.4. The van der Waals surface area contributed by atoms with E-state index in [-0.39, 0.29) is 17.9 Å². The van der Waals surface area contributed by atoms with Gasteiger partial charge in [0.2, 0.25) is 0 Å². The zero-order valence-corrected chi connectivity index (χ0v) is 15.2. The Bertz CT molecular complexity index is 446. The molecule has 0 aliphatic heterocycles. The molecule has 4 amide bonds. The van der Waals surface area contributed by atoms with Crippen LogP contribution in [0, 0.1) is 11.8 Å². The predicted molar refractivity (Wildman–Crippen MR) is 94.1 cm³/mol. The Morgan fingerprint density at radius 3 is 2.12 bits per heavy atom. The van der Waals surface area contributed by atoms with Gasteiger partial charge in [0.1, 0.15) is 0 Å². The first-order valence-corrected chi connectivity index (χ1v) is 8.92. The highest BCUT2D eigenvalue weighted by Crippen LogP contribution is 2.47. The van der Waals surface area contributed by atoms with Gasteiger partial charge >= 0.3 is 12.1 Å². The van der Waals surface area contributed by atoms with Gasteiger partial charge in [-0.15, -0.1) is 0 Å². The van der Waals surface area contributed by atoms with E-state index in [2.05, 4.69) is 20.8 Å². The second kappa shape index (κ2) is 8.53. The van der Waals surface area contributed by atoms with E-state index >= 15 is 0 Å². The molecular weight excluding hydrogens is 308 g/mol. The largest absolute Gasteiger partial charge is 0.350 e. The molecule has 8 nitrogen and oxygen atoms in total. The highest BCUT2D eigenvalue weighted by molar-refractivity contribution is 5.73. The number of nitrogens with two attached hydrogens (primary N) is 4. The van der Waals surface area contributed by atoms with Crippen LogP contribution in [-0.4, -0.2) is 33.7 Å². The number of urea groups is 2. The van der Waals surface area contributed by atoms with Crippen LogP contribution in [0.15, 0.2) is 0 Å². The van der Waals surface area contributed by atoms with Crippen LogP contribution in [0.1, 0.15) is 65.7 Å². The second-order valence-corrected chi connectivity index (χ2v) is 6.94. The zero-order chi connectivity index (χ0) is 18.5. The SMILES string of the molecule is CCCCC1(N(N)C(N)=O)CC(CC)C(N(N)C(N)=O)CC1CC. The maximum atomic E-state index is 11.9. The van der Waals surface area contributed by atoms with E-state index < -0.39 is 17.6 Å². The van der Waals surface area contributed by atoms with Gasteiger partial charge in [-0.25, -0.2) is 21.3 Å². The fourth-order valence-electron chi connectivity index (χ4n) is 4.35. The number of primary amides is 2. The quantitative estimate of drug-likeness (QED) is 0.316. The summed E-state index contributed by atoms with van der Waals surface area (Å²) in [7, 11) is 0. The molecule has 0 spiro atoms. The Kier molecular flexibility index (Phi) is 7.28. The molecule has 8 heteroatoms. The first-order valence-electron chi connectivity index (χ1n) is 8.92. The maximum absolute atomic E-state index is 11.9. The van der Waals surface area contributed by atoms with Crippen molar-refractivity contribution in [1.82, 2.24) is 10.0 Å². The lowest BCUT2D eigenvalue weighted by Crippen LogP contribution is -2.67. The van der Waals surface area contributed by atoms with Gasteiger partial charge in [0.05, 0.1) is 11.6 Å². The van der Waals surface area contributed by atoms with Crippen LogP contribution in [0.5, 0.6) is 0 Å². The molecule has 0 radical (unpaired) electrons. The predicted octanol–water partition coefficient (Wildman–Crippen LogP) is 1.64. The molecule has 0 aromatic rings. The van der Waals surface area contributed by atoms with Crippen molar-refractivity contribution in [3.8, 4) is 0 Å². The highest BCUT2D eigenvalue weighted by Gasteiger charge is 2.51. The van der Waals surface area contributed by atoms with Crippen molar-refractivity contribution >= 4 is 12.1 Å². The summed E-state index contributed by atoms with van der Waals surface area (Å²) in [4.78, 5) is 23.4. The molecule has 4 atom stereocenters. The van der Waals surface area contributed by atoms with Gasteiger partial charge < -0.3 is 11.5 Å². The summed E-state index contributed by atoms with van der Waals surface area (Å²) in [6, 6.07) is -1.39. The van der Waals surface area contributed by atoms with E-state index in [4.69, 9.17) is 23.2 Å². The number of hydrogen-bond acceptors (Lipinski definition) is 4. The van der Waals surface area contributed by atoms with Gasteiger partial charge in [-0.2, -0.15) is 0 Å². The van der Waals surface area contributed by atoms with Crippen LogP contribution >= 0.6 is 0 Å². The van der Waals surface area contributed by atoms with E-state index in [9.17, 15) is 9.59 Å². The number of carbonyl (C=O) groups excluding carboxylic acids is 2. The van der Waals surface area contributed by atoms with Crippen molar-refractivity contribution in [2.24, 2.45) is 35.0 Å². The van der Waals surface area contributed by atoms with E-state index in [0.29, 0.717) is 12.8 Å². The molecule has 0 saturated heterocycles. The minimum Gasteiger partial charge on any atom is -0.350 e. The Morgan fingerprint density at radius 1 is 1.08 bits per heavy atom. The summed E-state index contributed by atoms with van der Waals surface area (Å²) < 4.78 is 0. The molecule has 1 aliphatic carbocycles. The van der Waals surface area contributed by atoms with Gasteiger partial charge in [-0.1, -0.05) is 46.5 Å². The number of hydrogen-bond donors (Lipinski definition) is 4. The van der Waals surface area contributed by atoms with Crippen LogP contribution in [0.3, 0.4) is 0 Å². The smallest absolute Gasteiger partial charge is 0.329 e. The summed E-state index contributed by atoms with van der Waals surface area (Å²) in [5, 5.41) is 2.38. The van der Waals surface area contributed by atoms with Gasteiger partial charge in [-0.05, 0) is 31.1 Å². The van der Waals surface area contributed by atoms with Crippen molar-refractivity contribution in [1.29, 1.82) is 0 Å². The summed E-state index contributed by atoms with van der Waals surface area (Å²) in [6.45, 7) is 6.22. The third-order valence-electron chi connectivity index (χ3n) is 5.76. The number of nitrogens with zero attached hydrogens (tertiary/aromatic N) is 2. The number of hydrazine groups is 2. The van der Waals surface area contributed by atoms with Crippen LogP contribution in [0.25, 0.3) is 0 Å². The van der Waals surface area contributed by atoms with E-state index in [1.807, 2.05) is 0 Å². The monoisotopic (exact) mass is 342 g/mol. The highest BCUT2D eigenvalue weighted by atomic mass is 16.2. The molecule has 1 saturated carbocycles. The van der Waals surface area contributed by atoms with E-state index in [0.717, 1.165) is 37.1 Å². The molecule has 8 N–H and O–H groups in total. The van der Waals surface area contributed by atoms with Crippen LogP contribution in [0.2, 0.25) is 0 Å². The number of rotatable bonds is 7. The molecule has 140 valence electrons. The summed E-state index contributed by atoms with van der Waals surface area (Å²) >= 11 is 0. The van der Waals surface area contributed by atoms with Crippen molar-refractivity contribution in [2.75, 3.05) is 0 Å². The molecule has 24 heavy (non-hydrogen) atoms. The normalized spacial score (nSPS) is 30.0. The molecule has 0 aromatic carbocycles. The molecule has 0 heterocycles. The van der Waals surface area contributed by atoms with Gasteiger partial charge in [0.25, 0.3) is 0 Å². The Balaban J connectivity index is 3.23. The zero-order valence-electron chi connectivity index (χ0n) is 15.2. The lowest BCUT2D eigenvalue weighted by atomic mass is 9.62. The van der Waals surface area contributed by atoms with Gasteiger partial charge in [-0.3, -0.25) is 10.0 Å². The molecule has 1 aliphatic rings. The molecule has 0 bridgehead atoms. The summed E-state index contributed by atoms with van der Waals surface area (Å²) in [6.07, 6.45) is 5.75. The maximum Gasteiger partial charge on any atom is 0.329 e. The van der Waals surface area contributed by atoms with E-state index in [1.165, 1.54) is 5.01 Å². The lowest BCUT2D eigenvalue weighted by molar-refractivity contribution is -0.0360. The topological polar surface area (TPSA) is 145 Å². The van der Waals surface area contributed by atoms with Crippen molar-refractivity contribution in [3.05, 3.63) is 0 Å². The summed E-state index contributed by atoms with van der Waals surface area (Å²) in [5.74, 6) is 12.3. The average molecular weight is 342 g/mol. The second-order valence-electron chi connectivity index (χ2n) is 6.94. The third-order valence-corrected chi connectivity index (χ3v) is 5.76. The van der Waals surface area contributed by atoms with Crippen molar-refractivity contribution in [2.45, 2.75) is 77.3 Å². The van der Waals surface area contributed by atoms with Crippen LogP contribution in [0.4, 0.5) is 9.59 Å². The molecular formula is C16H34N6O2. The Morgan fingerprint density at radius 2 is 1.71 bits per heavy atom. The first kappa shape index (κ1) is 20.5. The minimum atomic E-state index is -0.631. The first-order chi connectivity index (χ1) is 11.2. The Hall–Kier alpha value is -1.54. The van der Waals surface area contributed by atoms with Crippen LogP contribution in [-0.2, 0) is 0 Å². The fraction of sp³-hybridized carbons (Fsp3) is 0.875. The van der Waals surface area contributed by atoms with Gasteiger partial charge in [0, 0.05) is 0 Å². The lowest BCUT2D eigenvalue weighted by Gasteiger charge is -2.54. The molecule has 1 rings (SSSR count). The molecule has 4 unspecified atom stereocenters. The van der Waals surface area contributed by atoms with Crippen molar-refractivity contribution < 1.29 is 9.59 Å². The van der Waals surface area contributed by atoms with Gasteiger partial charge in [0.15, 0.2) is 0 Å². The third kappa shape index (κ3) is 3.92. The molecule has 1 fully saturated rings. The average Bonchev–Trinajstić information content (AvgIpc) is 2.57. The fourth-order valence-corrected chi connectivity index (χ4v) is 4.35. The number of unbranched alkanes of at least 4 members (excludes halogenated alkanes) is 1. The Labute approximate surface area is 144 Å². The van der Waals surface area contributed by atoms with Crippen LogP contribution < -0.4 is 23.2 Å². The molecule has 0 aromatic heterocycles. The number of carbonyl (C=O) groups is 2. The van der Waals surface area contributed by atoms with E-state index in [1.54, 1.807) is 0 Å². The number of amides is 4. The minimum absolute atomic E-state index is 0.111. The van der Waals surface area contributed by atoms with Crippen molar-refractivity contribution in [3.63, 3.8) is 0 Å². The standard InChI is InChI=1S/C16H34N6O2/c1-4-7-8-16(22(20)15(18)24)10-11(5-2)13(9-12(16)6-3)21(19)14(17)23/h11-13H,4-10,19-20H2,1-3H3,(H2,17,23)(H2,18,24).